The van der Waals surface area contributed by atoms with Crippen LogP contribution in [-0.4, -0.2) is 87.7 Å². The summed E-state index contributed by atoms with van der Waals surface area (Å²) in [5.74, 6) is 0.232. The first-order chi connectivity index (χ1) is 26.6. The minimum atomic E-state index is -0.698. The Morgan fingerprint density at radius 1 is 1.11 bits per heavy atom. The van der Waals surface area contributed by atoms with Crippen LogP contribution in [0.2, 0.25) is 0 Å². The van der Waals surface area contributed by atoms with Gasteiger partial charge in [0.05, 0.1) is 29.7 Å². The van der Waals surface area contributed by atoms with Crippen LogP contribution >= 0.6 is 11.8 Å². The number of imide groups is 3. The van der Waals surface area contributed by atoms with Gasteiger partial charge in [-0.3, -0.25) is 19.2 Å². The number of carbonyl (C=O) groups is 5. The first-order valence-electron chi connectivity index (χ1n) is 21.1. The molecule has 56 heavy (non-hydrogen) atoms. The van der Waals surface area contributed by atoms with Crippen LogP contribution < -0.4 is 21.7 Å². The van der Waals surface area contributed by atoms with Gasteiger partial charge in [-0.05, 0) is 120 Å². The highest BCUT2D eigenvalue weighted by molar-refractivity contribution is 8.00. The number of hydrogen-bond donors (Lipinski definition) is 5. The predicted octanol–water partition coefficient (Wildman–Crippen LogP) is 5.79. The van der Waals surface area contributed by atoms with Gasteiger partial charge in [0, 0.05) is 31.1 Å². The number of nitrogens with two attached hydrogens (primary N) is 1. The molecule has 3 aliphatic carbocycles. The van der Waals surface area contributed by atoms with E-state index in [4.69, 9.17) is 10.5 Å². The SMILES string of the molecule is C=C1CC[C@H](OCCCN)C/C1=C/C=C1\CCC[C@@]2(C)C1CCC2[C@H](C)CCCC(C)(C)O.O=C(C[C@H]1C[C@H]2NC(=O)N[C@H]2S1)NCC(=O)N1C(=O)CCC1=O. The van der Waals surface area contributed by atoms with Crippen LogP contribution in [0.15, 0.2) is 35.5 Å². The summed E-state index contributed by atoms with van der Waals surface area (Å²) in [5.41, 5.74) is 9.91. The van der Waals surface area contributed by atoms with Crippen LogP contribution in [0.5, 0.6) is 0 Å². The Bertz CT molecular complexity index is 1510. The zero-order chi connectivity index (χ0) is 40.6. The molecule has 8 atom stereocenters. The lowest BCUT2D eigenvalue weighted by atomic mass is 9.60. The summed E-state index contributed by atoms with van der Waals surface area (Å²) in [6.45, 7) is 14.4. The Morgan fingerprint density at radius 3 is 2.55 bits per heavy atom. The van der Waals surface area contributed by atoms with Gasteiger partial charge in [-0.1, -0.05) is 56.6 Å². The number of hydrogen-bond acceptors (Lipinski definition) is 9. The lowest BCUT2D eigenvalue weighted by Gasteiger charge is -2.44. The number of aliphatic hydroxyl groups is 1. The number of ether oxygens (including phenoxy) is 1. The second-order valence-corrected chi connectivity index (χ2v) is 19.3. The average molecular weight is 798 g/mol. The number of likely N-dealkylation sites (tertiary alicyclic amines) is 1. The van der Waals surface area contributed by atoms with Crippen LogP contribution in [0.4, 0.5) is 4.79 Å². The molecule has 6 N–H and O–H groups in total. The number of carbonyl (C=O) groups excluding carboxylic acids is 5. The highest BCUT2D eigenvalue weighted by Crippen LogP contribution is 2.60. The van der Waals surface area contributed by atoms with E-state index in [1.807, 2.05) is 13.8 Å². The van der Waals surface area contributed by atoms with E-state index >= 15 is 0 Å². The monoisotopic (exact) mass is 797 g/mol. The van der Waals surface area contributed by atoms with Crippen molar-refractivity contribution in [3.8, 4) is 0 Å². The lowest BCUT2D eigenvalue weighted by molar-refractivity contribution is -0.149. The summed E-state index contributed by atoms with van der Waals surface area (Å²) >= 11 is 1.51. The molecule has 13 heteroatoms. The van der Waals surface area contributed by atoms with E-state index in [2.05, 4.69) is 48.5 Å². The number of allylic oxidation sites excluding steroid dienone is 4. The molecule has 312 valence electrons. The molecule has 6 rings (SSSR count). The highest BCUT2D eigenvalue weighted by Gasteiger charge is 2.50. The molecule has 6 aliphatic rings. The minimum Gasteiger partial charge on any atom is -0.390 e. The van der Waals surface area contributed by atoms with E-state index < -0.39 is 23.3 Å². The topological polar surface area (TPSA) is 180 Å². The van der Waals surface area contributed by atoms with Crippen molar-refractivity contribution >= 4 is 41.4 Å². The Labute approximate surface area is 338 Å². The largest absolute Gasteiger partial charge is 0.390 e. The third-order valence-electron chi connectivity index (χ3n) is 13.0. The molecule has 0 spiro atoms. The maximum atomic E-state index is 11.9. The highest BCUT2D eigenvalue weighted by atomic mass is 32.2. The van der Waals surface area contributed by atoms with Crippen molar-refractivity contribution in [2.45, 2.75) is 159 Å². The molecule has 0 aromatic carbocycles. The summed E-state index contributed by atoms with van der Waals surface area (Å²) in [4.78, 5) is 58.3. The van der Waals surface area contributed by atoms with E-state index in [1.165, 1.54) is 61.4 Å². The van der Waals surface area contributed by atoms with Crippen molar-refractivity contribution in [1.82, 2.24) is 20.9 Å². The lowest BCUT2D eigenvalue weighted by Crippen LogP contribution is -2.43. The van der Waals surface area contributed by atoms with E-state index in [-0.39, 0.29) is 54.4 Å². The standard InChI is InChI=1S/C30H51NO2.C13H16N4O5S/c1-22-11-14-26(33-20-8-19-31)21-25(22)13-12-24-10-7-18-30(5)27(15-16-28(24)30)23(2)9-6-17-29(3,4)32;18-8(4-6-3-7-12(23-6)16-13(22)15-7)14-5-11(21)17-9(19)1-2-10(17)20/h12-13,23,26-28,32H,1,6-11,14-21,31H2,2-5H3;6-7,12H,1-5H2,(H,14,18)(H2,15,16,22)/b24-12+,25-13-;/t23-,26+,27?,28?,30-;6-,7-,12+/m11/s1. The number of nitrogens with zero attached hydrogens (tertiary/aromatic N) is 1. The summed E-state index contributed by atoms with van der Waals surface area (Å²) in [6.07, 6.45) is 20.2. The smallest absolute Gasteiger partial charge is 0.316 e. The number of fused-ring (bicyclic) bond motifs is 2. The second kappa shape index (κ2) is 19.6. The van der Waals surface area contributed by atoms with Crippen LogP contribution in [0, 0.1) is 23.2 Å². The molecule has 12 nitrogen and oxygen atoms in total. The molecular weight excluding hydrogens is 731 g/mol. The number of rotatable bonds is 14. The Kier molecular flexibility index (Phi) is 15.5. The van der Waals surface area contributed by atoms with Gasteiger partial charge in [0.1, 0.15) is 0 Å². The quantitative estimate of drug-likeness (QED) is 0.108. The van der Waals surface area contributed by atoms with Crippen molar-refractivity contribution in [2.75, 3.05) is 19.7 Å². The fourth-order valence-electron chi connectivity index (χ4n) is 10.0. The first-order valence-corrected chi connectivity index (χ1v) is 22.0. The second-order valence-electron chi connectivity index (χ2n) is 17.8. The van der Waals surface area contributed by atoms with Crippen LogP contribution in [0.3, 0.4) is 0 Å². The van der Waals surface area contributed by atoms with Crippen LogP contribution in [-0.2, 0) is 23.9 Å². The van der Waals surface area contributed by atoms with Crippen molar-refractivity contribution in [3.63, 3.8) is 0 Å². The summed E-state index contributed by atoms with van der Waals surface area (Å²) < 4.78 is 6.07. The summed E-state index contributed by atoms with van der Waals surface area (Å²) in [7, 11) is 0. The normalized spacial score (nSPS) is 32.1. The number of amides is 6. The van der Waals surface area contributed by atoms with Gasteiger partial charge in [0.15, 0.2) is 0 Å². The Balaban J connectivity index is 0.000000228. The average Bonchev–Trinajstić information content (AvgIpc) is 3.87. The third-order valence-corrected chi connectivity index (χ3v) is 14.5. The molecule has 0 aromatic heterocycles. The van der Waals surface area contributed by atoms with Gasteiger partial charge < -0.3 is 31.5 Å². The first kappa shape index (κ1) is 44.1. The minimum absolute atomic E-state index is 0.0202. The maximum Gasteiger partial charge on any atom is 0.316 e. The Morgan fingerprint density at radius 2 is 1.86 bits per heavy atom. The van der Waals surface area contributed by atoms with Gasteiger partial charge in [-0.25, -0.2) is 9.69 Å². The molecule has 6 fully saturated rings. The number of nitrogens with one attached hydrogen (secondary N) is 3. The number of thioether (sulfide) groups is 1. The van der Waals surface area contributed by atoms with Crippen molar-refractivity contribution in [1.29, 1.82) is 0 Å². The molecule has 3 saturated heterocycles. The summed E-state index contributed by atoms with van der Waals surface area (Å²) in [5, 5.41) is 18.1. The molecule has 0 radical (unpaired) electrons. The predicted molar refractivity (Wildman–Crippen MR) is 219 cm³/mol. The van der Waals surface area contributed by atoms with Gasteiger partial charge in [-0.2, -0.15) is 0 Å². The fraction of sp³-hybridized carbons (Fsp3) is 0.744. The van der Waals surface area contributed by atoms with Gasteiger partial charge >= 0.3 is 6.03 Å². The van der Waals surface area contributed by atoms with E-state index in [0.717, 1.165) is 62.9 Å². The van der Waals surface area contributed by atoms with Crippen molar-refractivity contribution in [3.05, 3.63) is 35.5 Å². The molecule has 0 bridgehead atoms. The van der Waals surface area contributed by atoms with E-state index in [1.54, 1.807) is 5.57 Å². The van der Waals surface area contributed by atoms with Gasteiger partial charge in [0.25, 0.3) is 5.91 Å². The van der Waals surface area contributed by atoms with Crippen molar-refractivity contribution < 1.29 is 33.8 Å². The summed E-state index contributed by atoms with van der Waals surface area (Å²) in [6, 6.07) is -0.173. The van der Waals surface area contributed by atoms with Crippen LogP contribution in [0.25, 0.3) is 0 Å². The Hall–Kier alpha value is -3.00. The maximum absolute atomic E-state index is 11.9. The van der Waals surface area contributed by atoms with Gasteiger partial charge in [-0.15, -0.1) is 11.8 Å². The third kappa shape index (κ3) is 11.6. The van der Waals surface area contributed by atoms with E-state index in [9.17, 15) is 29.1 Å². The zero-order valence-electron chi connectivity index (χ0n) is 34.2. The molecular formula is C43H67N5O7S. The molecule has 0 aromatic rings. The molecule has 2 unspecified atom stereocenters. The van der Waals surface area contributed by atoms with Gasteiger partial charge in [0.2, 0.25) is 17.7 Å². The molecule has 3 heterocycles. The molecule has 3 aliphatic heterocycles. The van der Waals surface area contributed by atoms with E-state index in [0.29, 0.717) is 29.4 Å². The van der Waals surface area contributed by atoms with Crippen LogP contribution in [0.1, 0.15) is 130 Å². The molecule has 6 amide bonds. The fourth-order valence-corrected chi connectivity index (χ4v) is 11.5. The molecule has 3 saturated carbocycles. The zero-order valence-corrected chi connectivity index (χ0v) is 35.0. The number of urea groups is 1. The van der Waals surface area contributed by atoms with Crippen molar-refractivity contribution in [2.24, 2.45) is 28.9 Å².